The largest absolute Gasteiger partial charge is 0.329 e. The summed E-state index contributed by atoms with van der Waals surface area (Å²) in [5.41, 5.74) is 2.01. The van der Waals surface area contributed by atoms with E-state index in [0.29, 0.717) is 5.56 Å². The number of aryl methyl sites for hydroxylation is 1. The summed E-state index contributed by atoms with van der Waals surface area (Å²) in [6.07, 6.45) is 0. The van der Waals surface area contributed by atoms with Crippen LogP contribution in [-0.4, -0.2) is 9.13 Å². The zero-order chi connectivity index (χ0) is 15.0. The Morgan fingerprint density at radius 2 is 1.90 bits per heavy atom. The average molecular weight is 281 g/mol. The summed E-state index contributed by atoms with van der Waals surface area (Å²) >= 11 is 0. The maximum absolute atomic E-state index is 14.0. The smallest absolute Gasteiger partial charge is 0.295 e. The zero-order valence-corrected chi connectivity index (χ0v) is 11.4. The van der Waals surface area contributed by atoms with E-state index in [0.717, 1.165) is 11.0 Å². The second-order valence-electron chi connectivity index (χ2n) is 4.83. The van der Waals surface area contributed by atoms with Crippen molar-refractivity contribution in [3.8, 4) is 6.07 Å². The number of nitriles is 1. The Kier molecular flexibility index (Phi) is 3.07. The molecule has 0 unspecified atom stereocenters. The second kappa shape index (κ2) is 4.91. The molecule has 4 nitrogen and oxygen atoms in total. The van der Waals surface area contributed by atoms with Crippen molar-refractivity contribution < 1.29 is 4.39 Å². The predicted octanol–water partition coefficient (Wildman–Crippen LogP) is 2.40. The number of benzene rings is 2. The van der Waals surface area contributed by atoms with Crippen LogP contribution in [0.3, 0.4) is 0 Å². The number of hydrogen-bond acceptors (Lipinski definition) is 2. The Bertz CT molecular complexity index is 931. The maximum atomic E-state index is 14.0. The first-order chi connectivity index (χ1) is 10.1. The fraction of sp³-hybridized carbons (Fsp3) is 0.125. The van der Waals surface area contributed by atoms with Crippen molar-refractivity contribution in [3.63, 3.8) is 0 Å². The molecule has 5 heteroatoms. The topological polar surface area (TPSA) is 50.7 Å². The van der Waals surface area contributed by atoms with Gasteiger partial charge in [-0.1, -0.05) is 18.2 Å². The van der Waals surface area contributed by atoms with Crippen molar-refractivity contribution in [2.24, 2.45) is 7.05 Å². The molecular formula is C16H12FN3O. The minimum absolute atomic E-state index is 0.137. The van der Waals surface area contributed by atoms with Crippen molar-refractivity contribution in [1.29, 1.82) is 5.26 Å². The summed E-state index contributed by atoms with van der Waals surface area (Å²) in [6.45, 7) is 0.137. The van der Waals surface area contributed by atoms with Crippen LogP contribution in [0.2, 0.25) is 0 Å². The number of imidazole rings is 1. The fourth-order valence-electron chi connectivity index (χ4n) is 2.43. The van der Waals surface area contributed by atoms with Gasteiger partial charge in [0.2, 0.25) is 0 Å². The van der Waals surface area contributed by atoms with E-state index in [1.54, 1.807) is 19.2 Å². The average Bonchev–Trinajstić information content (AvgIpc) is 2.74. The normalized spacial score (nSPS) is 10.7. The van der Waals surface area contributed by atoms with Crippen LogP contribution in [0, 0.1) is 17.1 Å². The summed E-state index contributed by atoms with van der Waals surface area (Å²) in [5.74, 6) is -0.478. The fourth-order valence-corrected chi connectivity index (χ4v) is 2.43. The SMILES string of the molecule is Cn1c(=O)n(Cc2ccc(C#N)cc2F)c2ccccc21. The van der Waals surface area contributed by atoms with E-state index in [1.165, 1.54) is 15.2 Å². The summed E-state index contributed by atoms with van der Waals surface area (Å²) < 4.78 is 17.1. The lowest BCUT2D eigenvalue weighted by Crippen LogP contribution is -2.23. The number of halogens is 1. The number of aromatic nitrogens is 2. The molecule has 0 saturated carbocycles. The van der Waals surface area contributed by atoms with Gasteiger partial charge in [0.05, 0.1) is 29.2 Å². The van der Waals surface area contributed by atoms with Gasteiger partial charge in [0.15, 0.2) is 0 Å². The molecule has 3 aromatic rings. The van der Waals surface area contributed by atoms with Gasteiger partial charge in [-0.15, -0.1) is 0 Å². The zero-order valence-electron chi connectivity index (χ0n) is 11.4. The minimum Gasteiger partial charge on any atom is -0.295 e. The molecule has 1 aromatic heterocycles. The molecule has 0 aliphatic heterocycles. The Labute approximate surface area is 120 Å². The van der Waals surface area contributed by atoms with E-state index in [-0.39, 0.29) is 17.8 Å². The molecule has 2 aromatic carbocycles. The number of nitrogens with zero attached hydrogens (tertiary/aromatic N) is 3. The summed E-state index contributed by atoms with van der Waals surface area (Å²) in [7, 11) is 1.69. The van der Waals surface area contributed by atoms with Gasteiger partial charge in [0.1, 0.15) is 5.82 Å². The summed E-state index contributed by atoms with van der Waals surface area (Å²) in [6, 6.07) is 13.5. The first-order valence-electron chi connectivity index (χ1n) is 6.44. The number of rotatable bonds is 2. The van der Waals surface area contributed by atoms with Crippen LogP contribution in [0.1, 0.15) is 11.1 Å². The molecule has 0 N–H and O–H groups in total. The number of para-hydroxylation sites is 2. The predicted molar refractivity (Wildman–Crippen MR) is 77.4 cm³/mol. The molecule has 0 spiro atoms. The van der Waals surface area contributed by atoms with Crippen molar-refractivity contribution in [1.82, 2.24) is 9.13 Å². The van der Waals surface area contributed by atoms with Crippen LogP contribution in [0.15, 0.2) is 47.3 Å². The van der Waals surface area contributed by atoms with Gasteiger partial charge < -0.3 is 0 Å². The molecule has 0 amide bonds. The monoisotopic (exact) mass is 281 g/mol. The molecule has 21 heavy (non-hydrogen) atoms. The van der Waals surface area contributed by atoms with Crippen LogP contribution < -0.4 is 5.69 Å². The molecule has 0 aliphatic carbocycles. The van der Waals surface area contributed by atoms with Crippen molar-refractivity contribution in [3.05, 3.63) is 69.9 Å². The molecule has 0 aliphatic rings. The lowest BCUT2D eigenvalue weighted by atomic mass is 10.1. The molecular weight excluding hydrogens is 269 g/mol. The van der Waals surface area contributed by atoms with Gasteiger partial charge in [-0.2, -0.15) is 5.26 Å². The highest BCUT2D eigenvalue weighted by molar-refractivity contribution is 5.75. The molecule has 104 valence electrons. The highest BCUT2D eigenvalue weighted by atomic mass is 19.1. The number of fused-ring (bicyclic) bond motifs is 1. The molecule has 1 heterocycles. The Balaban J connectivity index is 2.13. The van der Waals surface area contributed by atoms with E-state index in [9.17, 15) is 9.18 Å². The van der Waals surface area contributed by atoms with Crippen molar-refractivity contribution in [2.45, 2.75) is 6.54 Å². The van der Waals surface area contributed by atoms with Crippen molar-refractivity contribution >= 4 is 11.0 Å². The van der Waals surface area contributed by atoms with Gasteiger partial charge in [0, 0.05) is 12.6 Å². The quantitative estimate of drug-likeness (QED) is 0.724. The van der Waals surface area contributed by atoms with Gasteiger partial charge in [-0.05, 0) is 24.3 Å². The third kappa shape index (κ3) is 2.11. The Morgan fingerprint density at radius 3 is 2.57 bits per heavy atom. The van der Waals surface area contributed by atoms with E-state index in [1.807, 2.05) is 30.3 Å². The van der Waals surface area contributed by atoms with E-state index < -0.39 is 5.82 Å². The Morgan fingerprint density at radius 1 is 1.19 bits per heavy atom. The van der Waals surface area contributed by atoms with Gasteiger partial charge in [-0.25, -0.2) is 9.18 Å². The van der Waals surface area contributed by atoms with Crippen LogP contribution >= 0.6 is 0 Å². The van der Waals surface area contributed by atoms with Gasteiger partial charge >= 0.3 is 5.69 Å². The maximum Gasteiger partial charge on any atom is 0.329 e. The lowest BCUT2D eigenvalue weighted by Gasteiger charge is -2.05. The van der Waals surface area contributed by atoms with Gasteiger partial charge in [0.25, 0.3) is 0 Å². The standard InChI is InChI=1S/C16H12FN3O/c1-19-14-4-2-3-5-15(14)20(16(19)21)10-12-7-6-11(9-18)8-13(12)17/h2-8H,10H2,1H3. The summed E-state index contributed by atoms with van der Waals surface area (Å²) in [4.78, 5) is 12.3. The number of hydrogen-bond donors (Lipinski definition) is 0. The Hall–Kier alpha value is -2.87. The van der Waals surface area contributed by atoms with E-state index in [2.05, 4.69) is 0 Å². The van der Waals surface area contributed by atoms with E-state index >= 15 is 0 Å². The van der Waals surface area contributed by atoms with Crippen molar-refractivity contribution in [2.75, 3.05) is 0 Å². The second-order valence-corrected chi connectivity index (χ2v) is 4.83. The highest BCUT2D eigenvalue weighted by Crippen LogP contribution is 2.16. The van der Waals surface area contributed by atoms with Crippen LogP contribution in [0.4, 0.5) is 4.39 Å². The highest BCUT2D eigenvalue weighted by Gasteiger charge is 2.12. The third-order valence-electron chi connectivity index (χ3n) is 3.56. The molecule has 0 fully saturated rings. The van der Waals surface area contributed by atoms with Gasteiger partial charge in [-0.3, -0.25) is 9.13 Å². The lowest BCUT2D eigenvalue weighted by molar-refractivity contribution is 0.596. The third-order valence-corrected chi connectivity index (χ3v) is 3.56. The first-order valence-corrected chi connectivity index (χ1v) is 6.44. The minimum atomic E-state index is -0.478. The molecule has 0 bridgehead atoms. The molecule has 0 radical (unpaired) electrons. The van der Waals surface area contributed by atoms with Crippen LogP contribution in [0.25, 0.3) is 11.0 Å². The summed E-state index contributed by atoms with van der Waals surface area (Å²) in [5, 5.41) is 8.76. The van der Waals surface area contributed by atoms with Crippen LogP contribution in [-0.2, 0) is 13.6 Å². The van der Waals surface area contributed by atoms with E-state index in [4.69, 9.17) is 5.26 Å². The molecule has 3 rings (SSSR count). The van der Waals surface area contributed by atoms with Crippen LogP contribution in [0.5, 0.6) is 0 Å². The first kappa shape index (κ1) is 13.1. The molecule has 0 saturated heterocycles. The molecule has 0 atom stereocenters.